The minimum absolute atomic E-state index is 0.220. The molecule has 0 bridgehead atoms. The summed E-state index contributed by atoms with van der Waals surface area (Å²) in [6, 6.07) is 7.75. The lowest BCUT2D eigenvalue weighted by molar-refractivity contribution is -0.137. The number of amides is 1. The van der Waals surface area contributed by atoms with Gasteiger partial charge in [0.15, 0.2) is 0 Å². The highest BCUT2D eigenvalue weighted by atomic mass is 19.4. The maximum absolute atomic E-state index is 12.5. The summed E-state index contributed by atoms with van der Waals surface area (Å²) < 4.78 is 37.5. The number of nitrogens with zero attached hydrogens (tertiary/aromatic N) is 2. The van der Waals surface area contributed by atoms with E-state index in [2.05, 4.69) is 15.2 Å². The van der Waals surface area contributed by atoms with E-state index in [1.807, 2.05) is 6.07 Å². The highest BCUT2D eigenvalue weighted by Gasteiger charge is 2.30. The van der Waals surface area contributed by atoms with Gasteiger partial charge in [-0.25, -0.2) is 4.98 Å². The van der Waals surface area contributed by atoms with Gasteiger partial charge in [-0.3, -0.25) is 4.79 Å². The second-order valence-corrected chi connectivity index (χ2v) is 5.63. The van der Waals surface area contributed by atoms with Crippen molar-refractivity contribution in [1.29, 1.82) is 0 Å². The summed E-state index contributed by atoms with van der Waals surface area (Å²) in [7, 11) is 0. The molecule has 1 amide bonds. The summed E-state index contributed by atoms with van der Waals surface area (Å²) in [6.45, 7) is 1.97. The molecule has 0 saturated carbocycles. The number of hydrogen-bond donors (Lipinski definition) is 1. The van der Waals surface area contributed by atoms with Gasteiger partial charge in [-0.2, -0.15) is 13.2 Å². The molecule has 0 radical (unpaired) electrons. The fourth-order valence-corrected chi connectivity index (χ4v) is 2.62. The molecule has 0 unspecified atom stereocenters. The van der Waals surface area contributed by atoms with Gasteiger partial charge in [0.1, 0.15) is 5.69 Å². The molecule has 0 aliphatic carbocycles. The monoisotopic (exact) mass is 335 g/mol. The van der Waals surface area contributed by atoms with Crippen molar-refractivity contribution in [2.45, 2.75) is 19.0 Å². The van der Waals surface area contributed by atoms with Gasteiger partial charge < -0.3 is 10.2 Å². The lowest BCUT2D eigenvalue weighted by Crippen LogP contribution is -2.19. The molecule has 126 valence electrons. The fourth-order valence-electron chi connectivity index (χ4n) is 2.62. The Bertz CT molecular complexity index is 705. The first-order chi connectivity index (χ1) is 11.4. The molecule has 2 heterocycles. The van der Waals surface area contributed by atoms with E-state index in [0.29, 0.717) is 5.69 Å². The van der Waals surface area contributed by atoms with Crippen LogP contribution in [-0.4, -0.2) is 24.0 Å². The Kier molecular flexibility index (Phi) is 4.42. The number of carbonyl (C=O) groups is 1. The van der Waals surface area contributed by atoms with E-state index in [4.69, 9.17) is 0 Å². The summed E-state index contributed by atoms with van der Waals surface area (Å²) in [5.74, 6) is -0.456. The number of nitrogens with one attached hydrogen (secondary N) is 1. The lowest BCUT2D eigenvalue weighted by Gasteiger charge is -2.17. The van der Waals surface area contributed by atoms with Crippen LogP contribution < -0.4 is 10.2 Å². The van der Waals surface area contributed by atoms with Crippen molar-refractivity contribution in [3.05, 3.63) is 53.9 Å². The van der Waals surface area contributed by atoms with Gasteiger partial charge in [-0.05, 0) is 49.2 Å². The molecule has 0 atom stereocenters. The maximum atomic E-state index is 12.5. The third-order valence-electron chi connectivity index (χ3n) is 3.92. The number of alkyl halides is 3. The van der Waals surface area contributed by atoms with Crippen LogP contribution in [0, 0.1) is 0 Å². The van der Waals surface area contributed by atoms with E-state index in [0.717, 1.165) is 43.8 Å². The Hall–Kier alpha value is -2.57. The van der Waals surface area contributed by atoms with Crippen LogP contribution >= 0.6 is 0 Å². The quantitative estimate of drug-likeness (QED) is 0.924. The molecule has 1 aromatic heterocycles. The van der Waals surface area contributed by atoms with Crippen LogP contribution in [-0.2, 0) is 6.18 Å². The smallest absolute Gasteiger partial charge is 0.370 e. The number of carbonyl (C=O) groups excluding carboxylic acids is 1. The van der Waals surface area contributed by atoms with Crippen molar-refractivity contribution < 1.29 is 18.0 Å². The van der Waals surface area contributed by atoms with Crippen LogP contribution in [0.5, 0.6) is 0 Å². The number of anilines is 2. The average molecular weight is 335 g/mol. The van der Waals surface area contributed by atoms with Gasteiger partial charge in [0.2, 0.25) is 0 Å². The summed E-state index contributed by atoms with van der Waals surface area (Å²) >= 11 is 0. The van der Waals surface area contributed by atoms with Gasteiger partial charge in [0.05, 0.1) is 17.4 Å². The number of benzene rings is 1. The molecule has 1 aliphatic rings. The fraction of sp³-hybridized carbons (Fsp3) is 0.294. The second-order valence-electron chi connectivity index (χ2n) is 5.63. The van der Waals surface area contributed by atoms with Crippen LogP contribution in [0.3, 0.4) is 0 Å². The third-order valence-corrected chi connectivity index (χ3v) is 3.92. The number of halogens is 3. The Morgan fingerprint density at radius 1 is 1.04 bits per heavy atom. The zero-order valence-electron chi connectivity index (χ0n) is 12.8. The van der Waals surface area contributed by atoms with E-state index in [1.165, 1.54) is 12.1 Å². The highest BCUT2D eigenvalue weighted by Crippen LogP contribution is 2.29. The number of rotatable bonds is 3. The predicted octanol–water partition coefficient (Wildman–Crippen LogP) is 3.95. The first-order valence-electron chi connectivity index (χ1n) is 7.63. The summed E-state index contributed by atoms with van der Waals surface area (Å²) in [4.78, 5) is 18.5. The van der Waals surface area contributed by atoms with Crippen molar-refractivity contribution >= 4 is 17.3 Å². The molecule has 1 fully saturated rings. The van der Waals surface area contributed by atoms with Crippen LogP contribution in [0.2, 0.25) is 0 Å². The zero-order chi connectivity index (χ0) is 17.2. The van der Waals surface area contributed by atoms with Crippen molar-refractivity contribution in [3.63, 3.8) is 0 Å². The van der Waals surface area contributed by atoms with Crippen molar-refractivity contribution in [3.8, 4) is 0 Å². The summed E-state index contributed by atoms with van der Waals surface area (Å²) in [5.41, 5.74) is 0.725. The van der Waals surface area contributed by atoms with Crippen LogP contribution in [0.15, 0.2) is 42.6 Å². The second kappa shape index (κ2) is 6.51. The van der Waals surface area contributed by atoms with E-state index < -0.39 is 17.6 Å². The first-order valence-corrected chi connectivity index (χ1v) is 7.63. The molecule has 1 aromatic carbocycles. The third kappa shape index (κ3) is 3.67. The number of aromatic nitrogens is 1. The van der Waals surface area contributed by atoms with E-state index in [-0.39, 0.29) is 5.69 Å². The Labute approximate surface area is 137 Å². The van der Waals surface area contributed by atoms with Gasteiger partial charge in [-0.1, -0.05) is 0 Å². The van der Waals surface area contributed by atoms with E-state index >= 15 is 0 Å². The molecule has 7 heteroatoms. The van der Waals surface area contributed by atoms with E-state index in [9.17, 15) is 18.0 Å². The lowest BCUT2D eigenvalue weighted by atomic mass is 10.2. The number of hydrogen-bond acceptors (Lipinski definition) is 3. The minimum atomic E-state index is -4.39. The molecule has 1 aliphatic heterocycles. The van der Waals surface area contributed by atoms with Gasteiger partial charge >= 0.3 is 6.18 Å². The van der Waals surface area contributed by atoms with Gasteiger partial charge in [0, 0.05) is 18.8 Å². The molecule has 4 nitrogen and oxygen atoms in total. The zero-order valence-corrected chi connectivity index (χ0v) is 12.8. The summed E-state index contributed by atoms with van der Waals surface area (Å²) in [5, 5.41) is 2.54. The molecule has 1 saturated heterocycles. The minimum Gasteiger partial charge on any atom is -0.370 e. The van der Waals surface area contributed by atoms with Gasteiger partial charge in [0.25, 0.3) is 5.91 Å². The van der Waals surface area contributed by atoms with Crippen molar-refractivity contribution in [2.24, 2.45) is 0 Å². The van der Waals surface area contributed by atoms with Crippen molar-refractivity contribution in [2.75, 3.05) is 23.3 Å². The maximum Gasteiger partial charge on any atom is 0.416 e. The van der Waals surface area contributed by atoms with Crippen LogP contribution in [0.1, 0.15) is 28.9 Å². The Morgan fingerprint density at radius 2 is 1.71 bits per heavy atom. The Balaban J connectivity index is 1.66. The normalized spacial score (nSPS) is 14.7. The standard InChI is InChI=1S/C17H16F3N3O/c18-17(19,20)12-3-5-13(6-4-12)22-16(24)15-8-7-14(11-21-15)23-9-1-2-10-23/h3-8,11H,1-2,9-10H2,(H,22,24). The molecule has 2 aromatic rings. The molecule has 1 N–H and O–H groups in total. The average Bonchev–Trinajstić information content (AvgIpc) is 3.09. The van der Waals surface area contributed by atoms with Crippen LogP contribution in [0.4, 0.5) is 24.5 Å². The number of pyridine rings is 1. The summed E-state index contributed by atoms with van der Waals surface area (Å²) in [6.07, 6.45) is -0.450. The van der Waals surface area contributed by atoms with E-state index in [1.54, 1.807) is 12.3 Å². The molecular formula is C17H16F3N3O. The van der Waals surface area contributed by atoms with Gasteiger partial charge in [-0.15, -0.1) is 0 Å². The molecule has 0 spiro atoms. The largest absolute Gasteiger partial charge is 0.416 e. The SMILES string of the molecule is O=C(Nc1ccc(C(F)(F)F)cc1)c1ccc(N2CCCC2)cn1. The molecular weight excluding hydrogens is 319 g/mol. The highest BCUT2D eigenvalue weighted by molar-refractivity contribution is 6.02. The van der Waals surface area contributed by atoms with Crippen LogP contribution in [0.25, 0.3) is 0 Å². The predicted molar refractivity (Wildman–Crippen MR) is 85.1 cm³/mol. The van der Waals surface area contributed by atoms with Crippen molar-refractivity contribution in [1.82, 2.24) is 4.98 Å². The first kappa shape index (κ1) is 16.3. The topological polar surface area (TPSA) is 45.2 Å². The Morgan fingerprint density at radius 3 is 2.25 bits per heavy atom. The molecule has 3 rings (SSSR count). The molecule has 24 heavy (non-hydrogen) atoms.